The molecule has 0 aromatic carbocycles. The first kappa shape index (κ1) is 13.6. The maximum absolute atomic E-state index is 11.9. The van der Waals surface area contributed by atoms with E-state index in [9.17, 15) is 9.90 Å². The van der Waals surface area contributed by atoms with E-state index in [4.69, 9.17) is 4.74 Å². The summed E-state index contributed by atoms with van der Waals surface area (Å²) in [5, 5.41) is 13.1. The molecule has 3 heterocycles. The summed E-state index contributed by atoms with van der Waals surface area (Å²) in [6, 6.07) is 1.75. The van der Waals surface area contributed by atoms with Gasteiger partial charge in [0.05, 0.1) is 25.0 Å². The van der Waals surface area contributed by atoms with Gasteiger partial charge in [-0.05, 0) is 6.92 Å². The molecule has 0 aliphatic carbocycles. The summed E-state index contributed by atoms with van der Waals surface area (Å²) >= 11 is 1.34. The molecule has 0 spiro atoms. The van der Waals surface area contributed by atoms with Crippen LogP contribution < -0.4 is 5.56 Å². The number of hydrogen-bond donors (Lipinski definition) is 1. The maximum Gasteiger partial charge on any atom is 0.275 e. The topological polar surface area (TPSA) is 80.0 Å². The van der Waals surface area contributed by atoms with Gasteiger partial charge in [0, 0.05) is 25.2 Å². The number of nitrogens with zero attached hydrogens (tertiary/aromatic N) is 4. The Morgan fingerprint density at radius 3 is 3.25 bits per heavy atom. The van der Waals surface area contributed by atoms with Crippen LogP contribution in [0.25, 0.3) is 4.96 Å². The van der Waals surface area contributed by atoms with E-state index < -0.39 is 0 Å². The Labute approximate surface area is 119 Å². The van der Waals surface area contributed by atoms with Crippen molar-refractivity contribution in [3.63, 3.8) is 0 Å². The van der Waals surface area contributed by atoms with Crippen LogP contribution in [-0.4, -0.2) is 56.5 Å². The Bertz CT molecular complexity index is 655. The van der Waals surface area contributed by atoms with Crippen molar-refractivity contribution in [2.24, 2.45) is 0 Å². The Balaban J connectivity index is 1.82. The monoisotopic (exact) mass is 296 g/mol. The van der Waals surface area contributed by atoms with Crippen LogP contribution in [0.4, 0.5) is 0 Å². The lowest BCUT2D eigenvalue weighted by molar-refractivity contribution is -0.0808. The molecule has 0 saturated carbocycles. The third kappa shape index (κ3) is 2.59. The van der Waals surface area contributed by atoms with Gasteiger partial charge < -0.3 is 9.84 Å². The van der Waals surface area contributed by atoms with Crippen molar-refractivity contribution >= 4 is 16.3 Å². The normalized spacial score (nSPS) is 24.3. The van der Waals surface area contributed by atoms with Gasteiger partial charge in [0.1, 0.15) is 5.51 Å². The van der Waals surface area contributed by atoms with Gasteiger partial charge in [-0.3, -0.25) is 9.69 Å². The molecule has 2 aromatic heterocycles. The lowest BCUT2D eigenvalue weighted by Gasteiger charge is -2.37. The van der Waals surface area contributed by atoms with E-state index in [-0.39, 0.29) is 24.3 Å². The third-order valence-electron chi connectivity index (χ3n) is 3.44. The van der Waals surface area contributed by atoms with E-state index in [1.165, 1.54) is 21.9 Å². The fraction of sp³-hybridized carbons (Fsp3) is 0.583. The zero-order valence-corrected chi connectivity index (χ0v) is 11.9. The molecule has 8 heteroatoms. The molecule has 0 amide bonds. The highest BCUT2D eigenvalue weighted by Gasteiger charge is 2.26. The van der Waals surface area contributed by atoms with Crippen molar-refractivity contribution in [1.82, 2.24) is 19.5 Å². The van der Waals surface area contributed by atoms with E-state index in [1.54, 1.807) is 5.51 Å². The fourth-order valence-corrected chi connectivity index (χ4v) is 2.94. The highest BCUT2D eigenvalue weighted by Crippen LogP contribution is 2.14. The average Bonchev–Trinajstić information content (AvgIpc) is 2.90. The van der Waals surface area contributed by atoms with Gasteiger partial charge in [0.2, 0.25) is 4.96 Å². The molecule has 2 unspecified atom stereocenters. The zero-order chi connectivity index (χ0) is 14.1. The van der Waals surface area contributed by atoms with Gasteiger partial charge >= 0.3 is 0 Å². The summed E-state index contributed by atoms with van der Waals surface area (Å²) in [4.78, 5) is 19.1. The summed E-state index contributed by atoms with van der Waals surface area (Å²) in [6.45, 7) is 3.86. The molecule has 0 radical (unpaired) electrons. The third-order valence-corrected chi connectivity index (χ3v) is 4.12. The Kier molecular flexibility index (Phi) is 3.79. The maximum atomic E-state index is 11.9. The first-order valence-electron chi connectivity index (χ1n) is 6.46. The fourth-order valence-electron chi connectivity index (χ4n) is 2.30. The Morgan fingerprint density at radius 1 is 1.60 bits per heavy atom. The standard InChI is InChI=1S/C12H16N4O3S/c1-8-6-19-10(5-17)4-15(8)3-9-2-11(18)16-12(14-9)20-7-13-16/h2,7-8,10,17H,3-6H2,1H3. The summed E-state index contributed by atoms with van der Waals surface area (Å²) < 4.78 is 6.80. The molecule has 1 aliphatic heterocycles. The predicted octanol–water partition coefficient (Wildman–Crippen LogP) is -0.267. The SMILES string of the molecule is CC1COC(CO)CN1Cc1cc(=O)n2ncsc2n1. The van der Waals surface area contributed by atoms with Crippen molar-refractivity contribution < 1.29 is 9.84 Å². The molecule has 1 fully saturated rings. The van der Waals surface area contributed by atoms with Crippen LogP contribution >= 0.6 is 11.3 Å². The predicted molar refractivity (Wildman–Crippen MR) is 73.8 cm³/mol. The van der Waals surface area contributed by atoms with E-state index in [0.29, 0.717) is 24.7 Å². The zero-order valence-electron chi connectivity index (χ0n) is 11.1. The van der Waals surface area contributed by atoms with Gasteiger partial charge in [-0.15, -0.1) is 0 Å². The molecule has 20 heavy (non-hydrogen) atoms. The number of ether oxygens (including phenoxy) is 1. The minimum Gasteiger partial charge on any atom is -0.394 e. The second kappa shape index (κ2) is 5.57. The van der Waals surface area contributed by atoms with Crippen LogP contribution in [0.3, 0.4) is 0 Å². The second-order valence-electron chi connectivity index (χ2n) is 4.94. The molecular weight excluding hydrogens is 280 g/mol. The van der Waals surface area contributed by atoms with Crippen LogP contribution in [0.5, 0.6) is 0 Å². The summed E-state index contributed by atoms with van der Waals surface area (Å²) in [6.07, 6.45) is -0.167. The molecule has 2 atom stereocenters. The molecule has 7 nitrogen and oxygen atoms in total. The molecule has 1 aliphatic rings. The van der Waals surface area contributed by atoms with Gasteiger partial charge in [-0.1, -0.05) is 11.3 Å². The van der Waals surface area contributed by atoms with Crippen LogP contribution in [0, 0.1) is 0 Å². The van der Waals surface area contributed by atoms with Crippen LogP contribution in [0.1, 0.15) is 12.6 Å². The Morgan fingerprint density at radius 2 is 2.45 bits per heavy atom. The second-order valence-corrected chi connectivity index (χ2v) is 5.75. The van der Waals surface area contributed by atoms with E-state index in [2.05, 4.69) is 21.9 Å². The minimum atomic E-state index is -0.167. The average molecular weight is 296 g/mol. The molecular formula is C12H16N4O3S. The summed E-state index contributed by atoms with van der Waals surface area (Å²) in [7, 11) is 0. The van der Waals surface area contributed by atoms with Crippen molar-refractivity contribution in [1.29, 1.82) is 0 Å². The lowest BCUT2D eigenvalue weighted by Crippen LogP contribution is -2.49. The van der Waals surface area contributed by atoms with Gasteiger partial charge in [-0.25, -0.2) is 4.98 Å². The van der Waals surface area contributed by atoms with Crippen LogP contribution in [0.2, 0.25) is 0 Å². The molecule has 1 saturated heterocycles. The number of aliphatic hydroxyl groups is 1. The highest BCUT2D eigenvalue weighted by atomic mass is 32.1. The summed E-state index contributed by atoms with van der Waals surface area (Å²) in [5.41, 5.74) is 2.17. The molecule has 1 N–H and O–H groups in total. The molecule has 0 bridgehead atoms. The Hall–Kier alpha value is -1.35. The van der Waals surface area contributed by atoms with E-state index >= 15 is 0 Å². The molecule has 108 valence electrons. The smallest absolute Gasteiger partial charge is 0.275 e. The quantitative estimate of drug-likeness (QED) is 0.840. The lowest BCUT2D eigenvalue weighted by atomic mass is 10.2. The molecule has 2 aromatic rings. The number of rotatable bonds is 3. The van der Waals surface area contributed by atoms with Gasteiger partial charge in [0.15, 0.2) is 0 Å². The van der Waals surface area contributed by atoms with Crippen molar-refractivity contribution in [2.45, 2.75) is 25.6 Å². The van der Waals surface area contributed by atoms with Crippen molar-refractivity contribution in [3.05, 3.63) is 27.6 Å². The number of morpholine rings is 1. The number of aromatic nitrogens is 3. The van der Waals surface area contributed by atoms with Crippen LogP contribution in [0.15, 0.2) is 16.4 Å². The highest BCUT2D eigenvalue weighted by molar-refractivity contribution is 7.14. The van der Waals surface area contributed by atoms with E-state index in [1.807, 2.05) is 0 Å². The van der Waals surface area contributed by atoms with Crippen molar-refractivity contribution in [3.8, 4) is 0 Å². The van der Waals surface area contributed by atoms with Gasteiger partial charge in [0.25, 0.3) is 5.56 Å². The van der Waals surface area contributed by atoms with Crippen molar-refractivity contribution in [2.75, 3.05) is 19.8 Å². The number of hydrogen-bond acceptors (Lipinski definition) is 7. The molecule has 3 rings (SSSR count). The summed E-state index contributed by atoms with van der Waals surface area (Å²) in [5.74, 6) is 0. The number of aliphatic hydroxyl groups excluding tert-OH is 1. The number of fused-ring (bicyclic) bond motifs is 1. The van der Waals surface area contributed by atoms with E-state index in [0.717, 1.165) is 5.69 Å². The van der Waals surface area contributed by atoms with Crippen LogP contribution in [-0.2, 0) is 11.3 Å². The minimum absolute atomic E-state index is 0.00713. The first-order chi connectivity index (χ1) is 9.67. The van der Waals surface area contributed by atoms with Gasteiger partial charge in [-0.2, -0.15) is 9.61 Å². The first-order valence-corrected chi connectivity index (χ1v) is 7.34. The largest absolute Gasteiger partial charge is 0.394 e.